The van der Waals surface area contributed by atoms with Crippen molar-refractivity contribution >= 4 is 23.4 Å². The molecule has 4 rings (SSSR count). The Balaban J connectivity index is 1.71. The molecular weight excluding hydrogens is 492 g/mol. The van der Waals surface area contributed by atoms with E-state index in [0.717, 1.165) is 27.6 Å². The molecule has 0 bridgehead atoms. The minimum atomic E-state index is -0.713. The average Bonchev–Trinajstić information content (AvgIpc) is 3.33. The minimum absolute atomic E-state index is 0.0919. The lowest BCUT2D eigenvalue weighted by Crippen LogP contribution is -2.43. The summed E-state index contributed by atoms with van der Waals surface area (Å²) >= 11 is 1.13. The fourth-order valence-electron chi connectivity index (χ4n) is 3.89. The lowest BCUT2D eigenvalue weighted by molar-refractivity contribution is 0.102. The smallest absolute Gasteiger partial charge is 0.332 e. The van der Waals surface area contributed by atoms with Crippen LogP contribution in [-0.2, 0) is 13.6 Å². The van der Waals surface area contributed by atoms with E-state index in [0.29, 0.717) is 23.3 Å². The van der Waals surface area contributed by atoms with Gasteiger partial charge in [0, 0.05) is 24.8 Å². The van der Waals surface area contributed by atoms with E-state index in [2.05, 4.69) is 10.2 Å². The number of nitrogens with zero attached hydrogens (tertiary/aromatic N) is 5. The Bertz CT molecular complexity index is 1540. The zero-order valence-corrected chi connectivity index (χ0v) is 21.9. The Morgan fingerprint density at radius 1 is 1.05 bits per heavy atom. The van der Waals surface area contributed by atoms with Crippen LogP contribution in [0.25, 0.3) is 17.1 Å². The highest BCUT2D eigenvalue weighted by Gasteiger charge is 2.24. The summed E-state index contributed by atoms with van der Waals surface area (Å²) in [4.78, 5) is 38.7. The lowest BCUT2D eigenvalue weighted by Gasteiger charge is -2.16. The third-order valence-corrected chi connectivity index (χ3v) is 6.67. The van der Waals surface area contributed by atoms with Gasteiger partial charge in [-0.15, -0.1) is 10.2 Å². The lowest BCUT2D eigenvalue weighted by atomic mass is 10.2. The van der Waals surface area contributed by atoms with Crippen molar-refractivity contribution < 1.29 is 9.53 Å². The molecule has 0 amide bonds. The van der Waals surface area contributed by atoms with Crippen LogP contribution in [0.3, 0.4) is 0 Å². The first-order chi connectivity index (χ1) is 17.7. The highest BCUT2D eigenvalue weighted by atomic mass is 32.2. The molecule has 0 aliphatic rings. The summed E-state index contributed by atoms with van der Waals surface area (Å²) in [5, 5.41) is 9.17. The molecular formula is C26H28N6O4S. The Hall–Kier alpha value is -4.12. The first-order valence-corrected chi connectivity index (χ1v) is 12.6. The molecule has 4 aromatic rings. The van der Waals surface area contributed by atoms with E-state index in [1.54, 1.807) is 7.11 Å². The second-order valence-electron chi connectivity index (χ2n) is 8.83. The van der Waals surface area contributed by atoms with Crippen molar-refractivity contribution in [2.75, 3.05) is 18.6 Å². The number of rotatable bonds is 9. The Morgan fingerprint density at radius 3 is 2.35 bits per heavy atom. The highest BCUT2D eigenvalue weighted by molar-refractivity contribution is 7.99. The molecule has 0 atom stereocenters. The van der Waals surface area contributed by atoms with Gasteiger partial charge in [-0.1, -0.05) is 55.9 Å². The van der Waals surface area contributed by atoms with Gasteiger partial charge in [-0.2, -0.15) is 0 Å². The molecule has 0 aliphatic heterocycles. The third kappa shape index (κ3) is 5.21. The van der Waals surface area contributed by atoms with Crippen LogP contribution in [-0.4, -0.2) is 42.5 Å². The number of anilines is 1. The zero-order chi connectivity index (χ0) is 26.7. The molecule has 2 heterocycles. The number of carbonyl (C=O) groups is 1. The Morgan fingerprint density at radius 2 is 1.73 bits per heavy atom. The molecule has 0 aliphatic carbocycles. The number of hydrogen-bond acceptors (Lipinski definition) is 8. The molecule has 0 saturated heterocycles. The van der Waals surface area contributed by atoms with Crippen molar-refractivity contribution in [3.8, 4) is 22.8 Å². The molecule has 2 N–H and O–H groups in total. The zero-order valence-electron chi connectivity index (χ0n) is 21.0. The van der Waals surface area contributed by atoms with Crippen LogP contribution in [0.15, 0.2) is 69.3 Å². The van der Waals surface area contributed by atoms with Crippen LogP contribution in [0.1, 0.15) is 24.2 Å². The van der Waals surface area contributed by atoms with Crippen LogP contribution < -0.4 is 21.7 Å². The van der Waals surface area contributed by atoms with E-state index < -0.39 is 17.0 Å². The number of nitrogens with two attached hydrogens (primary N) is 1. The molecule has 10 nitrogen and oxygen atoms in total. The maximum atomic E-state index is 13.3. The Labute approximate surface area is 217 Å². The van der Waals surface area contributed by atoms with Gasteiger partial charge in [-0.25, -0.2) is 4.79 Å². The van der Waals surface area contributed by atoms with Gasteiger partial charge in [0.25, 0.3) is 5.56 Å². The predicted octanol–water partition coefficient (Wildman–Crippen LogP) is 3.02. The van der Waals surface area contributed by atoms with E-state index >= 15 is 0 Å². The predicted molar refractivity (Wildman–Crippen MR) is 144 cm³/mol. The van der Waals surface area contributed by atoms with Gasteiger partial charge in [0.2, 0.25) is 0 Å². The Kier molecular flexibility index (Phi) is 7.63. The first kappa shape index (κ1) is 26.0. The normalized spacial score (nSPS) is 11.2. The topological polar surface area (TPSA) is 127 Å². The number of aromatic nitrogens is 5. The van der Waals surface area contributed by atoms with Crippen LogP contribution in [0.2, 0.25) is 0 Å². The summed E-state index contributed by atoms with van der Waals surface area (Å²) < 4.78 is 9.31. The van der Waals surface area contributed by atoms with Gasteiger partial charge in [0.05, 0.1) is 12.9 Å². The molecule has 2 aromatic heterocycles. The number of methoxy groups -OCH3 is 1. The van der Waals surface area contributed by atoms with E-state index in [1.165, 1.54) is 11.6 Å². The van der Waals surface area contributed by atoms with Gasteiger partial charge in [-0.3, -0.25) is 23.3 Å². The number of ketones is 1. The number of benzene rings is 2. The number of Topliss-reactive ketones (excluding diaryl/α,β-unsaturated/α-hetero) is 1. The second kappa shape index (κ2) is 10.9. The van der Waals surface area contributed by atoms with E-state index in [-0.39, 0.29) is 23.1 Å². The second-order valence-corrected chi connectivity index (χ2v) is 9.77. The van der Waals surface area contributed by atoms with Gasteiger partial charge < -0.3 is 10.5 Å². The van der Waals surface area contributed by atoms with E-state index in [9.17, 15) is 14.4 Å². The quantitative estimate of drug-likeness (QED) is 0.264. The summed E-state index contributed by atoms with van der Waals surface area (Å²) in [6.07, 6.45) is 0. The van der Waals surface area contributed by atoms with Gasteiger partial charge in [0.1, 0.15) is 17.1 Å². The summed E-state index contributed by atoms with van der Waals surface area (Å²) in [5.41, 5.74) is 6.34. The summed E-state index contributed by atoms with van der Waals surface area (Å²) in [6.45, 7) is 4.13. The van der Waals surface area contributed by atoms with Crippen molar-refractivity contribution in [3.05, 3.63) is 81.0 Å². The first-order valence-electron chi connectivity index (χ1n) is 11.6. The van der Waals surface area contributed by atoms with Crippen molar-refractivity contribution in [3.63, 3.8) is 0 Å². The number of carbonyl (C=O) groups excluding carboxylic acids is 1. The number of ether oxygens (including phenoxy) is 1. The molecule has 37 heavy (non-hydrogen) atoms. The number of nitrogen functional groups attached to an aromatic ring is 1. The minimum Gasteiger partial charge on any atom is -0.497 e. The fraction of sp³-hybridized carbons (Fsp3) is 0.269. The van der Waals surface area contributed by atoms with E-state index in [1.807, 2.05) is 73.0 Å². The molecule has 11 heteroatoms. The standard InChI is InChI=1S/C26H28N6O4S/c1-16(2)14-31-22(27)21(24(34)30(3)26(31)35)20(33)15-37-25-29-28-23(17-8-6-5-7-9-17)32(25)18-10-12-19(36-4)13-11-18/h5-13,16H,14-15,27H2,1-4H3. The SMILES string of the molecule is COc1ccc(-n2c(SCC(=O)c3c(N)n(CC(C)C)c(=O)n(C)c3=O)nnc2-c2ccccc2)cc1. The molecule has 0 unspecified atom stereocenters. The van der Waals surface area contributed by atoms with Crippen LogP contribution in [0, 0.1) is 5.92 Å². The summed E-state index contributed by atoms with van der Waals surface area (Å²) in [6, 6.07) is 17.0. The van der Waals surface area contributed by atoms with Crippen LogP contribution >= 0.6 is 11.8 Å². The average molecular weight is 521 g/mol. The molecule has 0 radical (unpaired) electrons. The van der Waals surface area contributed by atoms with Crippen molar-refractivity contribution in [2.45, 2.75) is 25.5 Å². The number of hydrogen-bond donors (Lipinski definition) is 1. The largest absolute Gasteiger partial charge is 0.497 e. The van der Waals surface area contributed by atoms with Crippen molar-refractivity contribution in [1.82, 2.24) is 23.9 Å². The monoisotopic (exact) mass is 520 g/mol. The van der Waals surface area contributed by atoms with Gasteiger partial charge in [0.15, 0.2) is 16.8 Å². The maximum absolute atomic E-state index is 13.3. The van der Waals surface area contributed by atoms with Crippen LogP contribution in [0.4, 0.5) is 5.82 Å². The fourth-order valence-corrected chi connectivity index (χ4v) is 4.71. The molecule has 0 fully saturated rings. The summed E-state index contributed by atoms with van der Waals surface area (Å²) in [5.74, 6) is 0.656. The third-order valence-electron chi connectivity index (χ3n) is 5.74. The van der Waals surface area contributed by atoms with Gasteiger partial charge in [-0.05, 0) is 30.2 Å². The maximum Gasteiger partial charge on any atom is 0.332 e. The molecule has 0 spiro atoms. The summed E-state index contributed by atoms with van der Waals surface area (Å²) in [7, 11) is 2.94. The van der Waals surface area contributed by atoms with Gasteiger partial charge >= 0.3 is 5.69 Å². The molecule has 192 valence electrons. The molecule has 0 saturated carbocycles. The van der Waals surface area contributed by atoms with Crippen molar-refractivity contribution in [1.29, 1.82) is 0 Å². The van der Waals surface area contributed by atoms with E-state index in [4.69, 9.17) is 10.5 Å². The van der Waals surface area contributed by atoms with Crippen molar-refractivity contribution in [2.24, 2.45) is 13.0 Å². The highest BCUT2D eigenvalue weighted by Crippen LogP contribution is 2.29. The number of thioether (sulfide) groups is 1. The van der Waals surface area contributed by atoms with Crippen LogP contribution in [0.5, 0.6) is 5.75 Å². The molecule has 2 aromatic carbocycles.